The number of nitrogens with zero attached hydrogens (tertiary/aromatic N) is 2. The Morgan fingerprint density at radius 3 is 3.09 bits per heavy atom. The van der Waals surface area contributed by atoms with Gasteiger partial charge in [-0.1, -0.05) is 30.7 Å². The molecule has 2 N–H and O–H groups in total. The summed E-state index contributed by atoms with van der Waals surface area (Å²) < 4.78 is 0. The summed E-state index contributed by atoms with van der Waals surface area (Å²) in [6.07, 6.45) is 4.80. The zero-order valence-corrected chi connectivity index (χ0v) is 13.7. The molecule has 1 unspecified atom stereocenters. The second-order valence-corrected chi connectivity index (χ2v) is 6.06. The summed E-state index contributed by atoms with van der Waals surface area (Å²) in [4.78, 5) is 8.75. The van der Waals surface area contributed by atoms with Crippen molar-refractivity contribution in [3.8, 4) is 0 Å². The number of benzene rings is 1. The van der Waals surface area contributed by atoms with Crippen LogP contribution in [0.15, 0.2) is 24.4 Å². The lowest BCUT2D eigenvalue weighted by Crippen LogP contribution is -2.14. The number of hydrogen-bond acceptors (Lipinski definition) is 4. The fraction of sp³-hybridized carbons (Fsp3) is 0.412. The van der Waals surface area contributed by atoms with E-state index in [0.29, 0.717) is 11.0 Å². The van der Waals surface area contributed by atoms with Crippen molar-refractivity contribution >= 4 is 23.2 Å². The maximum absolute atomic E-state index is 6.07. The van der Waals surface area contributed by atoms with Gasteiger partial charge in [0.05, 0.1) is 23.0 Å². The van der Waals surface area contributed by atoms with Gasteiger partial charge in [0.25, 0.3) is 0 Å². The quantitative estimate of drug-likeness (QED) is 0.886. The summed E-state index contributed by atoms with van der Waals surface area (Å²) in [6.45, 7) is 5.23. The Labute approximate surface area is 136 Å². The van der Waals surface area contributed by atoms with E-state index in [1.807, 2.05) is 6.92 Å². The van der Waals surface area contributed by atoms with Crippen molar-refractivity contribution in [1.82, 2.24) is 9.97 Å². The maximum atomic E-state index is 6.07. The predicted molar refractivity (Wildman–Crippen MR) is 91.7 cm³/mol. The first-order valence-corrected chi connectivity index (χ1v) is 8.20. The van der Waals surface area contributed by atoms with Crippen molar-refractivity contribution in [3.05, 3.63) is 46.2 Å². The molecule has 1 atom stereocenters. The fourth-order valence-electron chi connectivity index (χ4n) is 2.76. The lowest BCUT2D eigenvalue weighted by atomic mass is 9.98. The van der Waals surface area contributed by atoms with Crippen LogP contribution < -0.4 is 10.6 Å². The third-order valence-corrected chi connectivity index (χ3v) is 4.38. The van der Waals surface area contributed by atoms with E-state index in [0.717, 1.165) is 25.1 Å². The molecule has 0 aliphatic carbocycles. The lowest BCUT2D eigenvalue weighted by Gasteiger charge is -2.21. The maximum Gasteiger partial charge on any atom is 0.223 e. The molecule has 5 heteroatoms. The second kappa shape index (κ2) is 6.53. The van der Waals surface area contributed by atoms with Crippen molar-refractivity contribution in [2.45, 2.75) is 39.2 Å². The molecule has 1 aromatic heterocycles. The molecule has 0 bridgehead atoms. The second-order valence-electron chi connectivity index (χ2n) is 5.65. The van der Waals surface area contributed by atoms with Gasteiger partial charge in [-0.2, -0.15) is 0 Å². The Hall–Kier alpha value is -1.81. The summed E-state index contributed by atoms with van der Waals surface area (Å²) in [5.74, 6) is 0.629. The largest absolute Gasteiger partial charge is 0.385 e. The highest BCUT2D eigenvalue weighted by atomic mass is 35.5. The number of hydrogen-bond donors (Lipinski definition) is 2. The first-order chi connectivity index (χ1) is 10.7. The van der Waals surface area contributed by atoms with Crippen LogP contribution in [0, 0.1) is 0 Å². The van der Waals surface area contributed by atoms with Gasteiger partial charge in [-0.05, 0) is 43.4 Å². The Kier molecular flexibility index (Phi) is 4.48. The van der Waals surface area contributed by atoms with Gasteiger partial charge in [0.15, 0.2) is 0 Å². The Bertz CT molecular complexity index is 672. The van der Waals surface area contributed by atoms with E-state index in [9.17, 15) is 0 Å². The smallest absolute Gasteiger partial charge is 0.223 e. The van der Waals surface area contributed by atoms with E-state index in [4.69, 9.17) is 11.6 Å². The number of aryl methyl sites for hydroxylation is 2. The first kappa shape index (κ1) is 15.1. The molecule has 2 heterocycles. The van der Waals surface area contributed by atoms with Gasteiger partial charge in [0.1, 0.15) is 0 Å². The van der Waals surface area contributed by atoms with E-state index in [1.54, 1.807) is 6.20 Å². The number of nitrogens with one attached hydrogen (secondary N) is 2. The van der Waals surface area contributed by atoms with E-state index in [1.165, 1.54) is 23.2 Å². The number of halogens is 1. The van der Waals surface area contributed by atoms with Crippen LogP contribution >= 0.6 is 11.6 Å². The highest BCUT2D eigenvalue weighted by molar-refractivity contribution is 6.31. The average molecular weight is 317 g/mol. The Balaban J connectivity index is 1.78. The number of anilines is 2. The van der Waals surface area contributed by atoms with Crippen molar-refractivity contribution in [1.29, 1.82) is 0 Å². The van der Waals surface area contributed by atoms with Gasteiger partial charge in [0.2, 0.25) is 5.95 Å². The lowest BCUT2D eigenvalue weighted by molar-refractivity contribution is 0.813. The highest BCUT2D eigenvalue weighted by Gasteiger charge is 2.13. The van der Waals surface area contributed by atoms with Gasteiger partial charge >= 0.3 is 0 Å². The standard InChI is InChI=1S/C17H21ClN4/c1-3-15-14(18)10-20-17(22-15)21-11(2)12-6-7-16-13(9-12)5-4-8-19-16/h6-7,9-11,19H,3-5,8H2,1-2H3,(H,20,21,22). The average Bonchev–Trinajstić information content (AvgIpc) is 2.56. The third kappa shape index (κ3) is 3.17. The molecule has 0 spiro atoms. The number of fused-ring (bicyclic) bond motifs is 1. The minimum atomic E-state index is 0.151. The summed E-state index contributed by atoms with van der Waals surface area (Å²) in [5.41, 5.74) is 4.78. The van der Waals surface area contributed by atoms with Gasteiger partial charge in [-0.25, -0.2) is 9.97 Å². The topological polar surface area (TPSA) is 49.8 Å². The first-order valence-electron chi connectivity index (χ1n) is 7.82. The normalized spacial score (nSPS) is 14.9. The Morgan fingerprint density at radius 1 is 1.41 bits per heavy atom. The predicted octanol–water partition coefficient (Wildman–Crippen LogP) is 4.22. The molecule has 116 valence electrons. The summed E-state index contributed by atoms with van der Waals surface area (Å²) in [7, 11) is 0. The van der Waals surface area contributed by atoms with Gasteiger partial charge in [-0.3, -0.25) is 0 Å². The molecule has 22 heavy (non-hydrogen) atoms. The zero-order valence-electron chi connectivity index (χ0n) is 13.0. The minimum absolute atomic E-state index is 0.151. The van der Waals surface area contributed by atoms with Crippen molar-refractivity contribution in [3.63, 3.8) is 0 Å². The van der Waals surface area contributed by atoms with Gasteiger partial charge in [0, 0.05) is 12.2 Å². The van der Waals surface area contributed by atoms with Crippen LogP contribution in [0.2, 0.25) is 5.02 Å². The highest BCUT2D eigenvalue weighted by Crippen LogP contribution is 2.27. The molecule has 1 aliphatic heterocycles. The molecule has 1 aromatic carbocycles. The molecule has 0 fully saturated rings. The van der Waals surface area contributed by atoms with Crippen molar-refractivity contribution < 1.29 is 0 Å². The molecular formula is C17H21ClN4. The van der Waals surface area contributed by atoms with E-state index in [-0.39, 0.29) is 6.04 Å². The van der Waals surface area contributed by atoms with Crippen LogP contribution in [0.3, 0.4) is 0 Å². The molecule has 0 radical (unpaired) electrons. The van der Waals surface area contributed by atoms with Crippen LogP contribution in [0.1, 0.15) is 43.1 Å². The van der Waals surface area contributed by atoms with Crippen LogP contribution in [0.4, 0.5) is 11.6 Å². The zero-order chi connectivity index (χ0) is 15.5. The van der Waals surface area contributed by atoms with Crippen LogP contribution in [-0.4, -0.2) is 16.5 Å². The van der Waals surface area contributed by atoms with Crippen molar-refractivity contribution in [2.24, 2.45) is 0 Å². The molecule has 4 nitrogen and oxygen atoms in total. The number of aromatic nitrogens is 2. The monoisotopic (exact) mass is 316 g/mol. The van der Waals surface area contributed by atoms with E-state index < -0.39 is 0 Å². The Morgan fingerprint density at radius 2 is 2.27 bits per heavy atom. The van der Waals surface area contributed by atoms with Crippen LogP contribution in [0.5, 0.6) is 0 Å². The van der Waals surface area contributed by atoms with Crippen LogP contribution in [0.25, 0.3) is 0 Å². The molecule has 2 aromatic rings. The number of rotatable bonds is 4. The SMILES string of the molecule is CCc1nc(NC(C)c2ccc3c(c2)CCCN3)ncc1Cl. The summed E-state index contributed by atoms with van der Waals surface area (Å²) in [6, 6.07) is 6.75. The van der Waals surface area contributed by atoms with E-state index >= 15 is 0 Å². The van der Waals surface area contributed by atoms with Gasteiger partial charge < -0.3 is 10.6 Å². The molecule has 1 aliphatic rings. The minimum Gasteiger partial charge on any atom is -0.385 e. The molecule has 3 rings (SSSR count). The van der Waals surface area contributed by atoms with Crippen molar-refractivity contribution in [2.75, 3.05) is 17.2 Å². The van der Waals surface area contributed by atoms with Crippen LogP contribution in [-0.2, 0) is 12.8 Å². The molecular weight excluding hydrogens is 296 g/mol. The molecule has 0 saturated heterocycles. The fourth-order valence-corrected chi connectivity index (χ4v) is 2.99. The summed E-state index contributed by atoms with van der Waals surface area (Å²) in [5, 5.41) is 7.43. The van der Waals surface area contributed by atoms with E-state index in [2.05, 4.69) is 45.7 Å². The summed E-state index contributed by atoms with van der Waals surface area (Å²) >= 11 is 6.07. The third-order valence-electron chi connectivity index (χ3n) is 4.06. The molecule has 0 amide bonds. The molecule has 0 saturated carbocycles. The van der Waals surface area contributed by atoms with Gasteiger partial charge in [-0.15, -0.1) is 0 Å².